The van der Waals surface area contributed by atoms with Gasteiger partial charge in [-0.1, -0.05) is 49.2 Å². The van der Waals surface area contributed by atoms with Gasteiger partial charge in [-0.05, 0) is 29.7 Å². The van der Waals surface area contributed by atoms with Crippen LogP contribution in [0.3, 0.4) is 0 Å². The predicted molar refractivity (Wildman–Crippen MR) is 87.9 cm³/mol. The third kappa shape index (κ3) is 2.77. The summed E-state index contributed by atoms with van der Waals surface area (Å²) in [7, 11) is 1.88. The molecule has 1 aliphatic carbocycles. The maximum atomic E-state index is 12.9. The average molecular weight is 302 g/mol. The van der Waals surface area contributed by atoms with Crippen molar-refractivity contribution in [2.75, 3.05) is 7.05 Å². The molecule has 0 saturated heterocycles. The van der Waals surface area contributed by atoms with Gasteiger partial charge < -0.3 is 4.90 Å². The summed E-state index contributed by atoms with van der Waals surface area (Å²) in [5.74, 6) is 0.0735. The van der Waals surface area contributed by atoms with Crippen molar-refractivity contribution in [3.05, 3.63) is 48.0 Å². The zero-order chi connectivity index (χ0) is 14.8. The van der Waals surface area contributed by atoms with Crippen LogP contribution in [0.25, 0.3) is 10.8 Å². The zero-order valence-electron chi connectivity index (χ0n) is 12.3. The van der Waals surface area contributed by atoms with E-state index in [1.165, 1.54) is 6.42 Å². The minimum atomic E-state index is 0.0719. The molecule has 2 atom stereocenters. The summed E-state index contributed by atoms with van der Waals surface area (Å²) in [4.78, 5) is 14.7. The number of nitrogens with zero attached hydrogens (tertiary/aromatic N) is 1. The van der Waals surface area contributed by atoms with E-state index in [4.69, 9.17) is 11.6 Å². The van der Waals surface area contributed by atoms with Gasteiger partial charge in [-0.15, -0.1) is 11.6 Å². The lowest BCUT2D eigenvalue weighted by Crippen LogP contribution is -2.44. The average Bonchev–Trinajstić information content (AvgIpc) is 2.53. The van der Waals surface area contributed by atoms with Gasteiger partial charge in [0.2, 0.25) is 0 Å². The predicted octanol–water partition coefficient (Wildman–Crippen LogP) is 4.46. The molecule has 1 aliphatic rings. The Bertz CT molecular complexity index is 649. The van der Waals surface area contributed by atoms with Gasteiger partial charge in [0.05, 0.1) is 5.38 Å². The molecule has 2 nitrogen and oxygen atoms in total. The molecule has 21 heavy (non-hydrogen) atoms. The number of carbonyl (C=O) groups excluding carboxylic acids is 1. The van der Waals surface area contributed by atoms with Crippen LogP contribution in [-0.2, 0) is 0 Å². The summed E-state index contributed by atoms with van der Waals surface area (Å²) in [5, 5.41) is 2.18. The number of halogens is 1. The minimum Gasteiger partial charge on any atom is -0.337 e. The van der Waals surface area contributed by atoms with Gasteiger partial charge in [0.25, 0.3) is 5.91 Å². The number of fused-ring (bicyclic) bond motifs is 1. The van der Waals surface area contributed by atoms with Crippen LogP contribution in [0.15, 0.2) is 42.5 Å². The maximum absolute atomic E-state index is 12.9. The standard InChI is InChI=1S/C18H20ClNO/c1-20(17-12-5-4-11-16(17)19)18(21)15-10-6-8-13-7-2-3-9-14(13)15/h2-3,6-10,16-17H,4-5,11-12H2,1H3. The van der Waals surface area contributed by atoms with Gasteiger partial charge >= 0.3 is 0 Å². The lowest BCUT2D eigenvalue weighted by molar-refractivity contribution is 0.0702. The second kappa shape index (κ2) is 6.07. The molecule has 2 aromatic carbocycles. The van der Waals surface area contributed by atoms with Gasteiger partial charge in [0, 0.05) is 18.7 Å². The van der Waals surface area contributed by atoms with Crippen LogP contribution in [0.5, 0.6) is 0 Å². The Labute approximate surface area is 130 Å². The Morgan fingerprint density at radius 2 is 1.81 bits per heavy atom. The highest BCUT2D eigenvalue weighted by Gasteiger charge is 2.30. The molecule has 2 unspecified atom stereocenters. The zero-order valence-corrected chi connectivity index (χ0v) is 13.0. The Morgan fingerprint density at radius 1 is 1.10 bits per heavy atom. The monoisotopic (exact) mass is 301 g/mol. The fraction of sp³-hybridized carbons (Fsp3) is 0.389. The van der Waals surface area contributed by atoms with Crippen molar-refractivity contribution in [3.8, 4) is 0 Å². The third-order valence-electron chi connectivity index (χ3n) is 4.49. The molecule has 1 fully saturated rings. The highest BCUT2D eigenvalue weighted by Crippen LogP contribution is 2.28. The molecule has 1 amide bonds. The lowest BCUT2D eigenvalue weighted by atomic mass is 9.93. The van der Waals surface area contributed by atoms with Crippen LogP contribution >= 0.6 is 11.6 Å². The first kappa shape index (κ1) is 14.4. The molecule has 0 bridgehead atoms. The van der Waals surface area contributed by atoms with Gasteiger partial charge in [-0.25, -0.2) is 0 Å². The first-order valence-electron chi connectivity index (χ1n) is 7.57. The van der Waals surface area contributed by atoms with Crippen molar-refractivity contribution in [1.29, 1.82) is 0 Å². The van der Waals surface area contributed by atoms with E-state index in [-0.39, 0.29) is 17.3 Å². The largest absolute Gasteiger partial charge is 0.337 e. The van der Waals surface area contributed by atoms with Crippen LogP contribution in [0.1, 0.15) is 36.0 Å². The van der Waals surface area contributed by atoms with E-state index in [1.54, 1.807) is 0 Å². The van der Waals surface area contributed by atoms with Crippen LogP contribution in [0, 0.1) is 0 Å². The van der Waals surface area contributed by atoms with E-state index in [1.807, 2.05) is 54.4 Å². The number of carbonyl (C=O) groups is 1. The summed E-state index contributed by atoms with van der Waals surface area (Å²) in [6.07, 6.45) is 4.32. The molecule has 0 N–H and O–H groups in total. The molecule has 110 valence electrons. The van der Waals surface area contributed by atoms with E-state index >= 15 is 0 Å². The van der Waals surface area contributed by atoms with Gasteiger partial charge in [0.1, 0.15) is 0 Å². The minimum absolute atomic E-state index is 0.0719. The Morgan fingerprint density at radius 3 is 2.62 bits per heavy atom. The maximum Gasteiger partial charge on any atom is 0.254 e. The van der Waals surface area contributed by atoms with E-state index in [0.29, 0.717) is 0 Å². The molecule has 0 heterocycles. The normalized spacial score (nSPS) is 22.2. The fourth-order valence-corrected chi connectivity index (χ4v) is 3.70. The van der Waals surface area contributed by atoms with Gasteiger partial charge in [-0.2, -0.15) is 0 Å². The number of benzene rings is 2. The van der Waals surface area contributed by atoms with E-state index in [9.17, 15) is 4.79 Å². The van der Waals surface area contributed by atoms with Crippen LogP contribution in [-0.4, -0.2) is 29.3 Å². The highest BCUT2D eigenvalue weighted by atomic mass is 35.5. The van der Waals surface area contributed by atoms with Crippen LogP contribution in [0.4, 0.5) is 0 Å². The highest BCUT2D eigenvalue weighted by molar-refractivity contribution is 6.21. The fourth-order valence-electron chi connectivity index (χ4n) is 3.25. The van der Waals surface area contributed by atoms with E-state index in [0.717, 1.165) is 35.6 Å². The number of hydrogen-bond donors (Lipinski definition) is 0. The molecular weight excluding hydrogens is 282 g/mol. The molecule has 3 rings (SSSR count). The topological polar surface area (TPSA) is 20.3 Å². The summed E-state index contributed by atoms with van der Waals surface area (Å²) < 4.78 is 0. The van der Waals surface area contributed by atoms with E-state index < -0.39 is 0 Å². The SMILES string of the molecule is CN(C(=O)c1cccc2ccccc12)C1CCCCC1Cl. The molecule has 0 radical (unpaired) electrons. The molecule has 1 saturated carbocycles. The second-order valence-electron chi connectivity index (χ2n) is 5.81. The summed E-state index contributed by atoms with van der Waals surface area (Å²) >= 11 is 6.43. The first-order valence-corrected chi connectivity index (χ1v) is 8.01. The van der Waals surface area contributed by atoms with Crippen molar-refractivity contribution in [2.45, 2.75) is 37.1 Å². The van der Waals surface area contributed by atoms with Crippen molar-refractivity contribution in [1.82, 2.24) is 4.90 Å². The molecule has 3 heteroatoms. The van der Waals surface area contributed by atoms with E-state index in [2.05, 4.69) is 0 Å². The van der Waals surface area contributed by atoms with Crippen LogP contribution < -0.4 is 0 Å². The molecular formula is C18H20ClNO. The number of hydrogen-bond acceptors (Lipinski definition) is 1. The van der Waals surface area contributed by atoms with Crippen LogP contribution in [0.2, 0.25) is 0 Å². The Hall–Kier alpha value is -1.54. The molecule has 0 aliphatic heterocycles. The molecule has 0 spiro atoms. The first-order chi connectivity index (χ1) is 10.2. The number of amides is 1. The number of alkyl halides is 1. The summed E-state index contributed by atoms with van der Waals surface area (Å²) in [6.45, 7) is 0. The lowest BCUT2D eigenvalue weighted by Gasteiger charge is -2.35. The van der Waals surface area contributed by atoms with Crippen molar-refractivity contribution in [2.24, 2.45) is 0 Å². The Balaban J connectivity index is 1.93. The van der Waals surface area contributed by atoms with Crippen molar-refractivity contribution < 1.29 is 4.79 Å². The quantitative estimate of drug-likeness (QED) is 0.750. The number of rotatable bonds is 2. The summed E-state index contributed by atoms with van der Waals surface area (Å²) in [6, 6.07) is 14.1. The smallest absolute Gasteiger partial charge is 0.254 e. The Kier molecular flexibility index (Phi) is 4.16. The second-order valence-corrected chi connectivity index (χ2v) is 6.37. The molecule has 2 aromatic rings. The summed E-state index contributed by atoms with van der Waals surface area (Å²) in [5.41, 5.74) is 0.769. The molecule has 0 aromatic heterocycles. The third-order valence-corrected chi connectivity index (χ3v) is 4.99. The van der Waals surface area contributed by atoms with Gasteiger partial charge in [0.15, 0.2) is 0 Å². The van der Waals surface area contributed by atoms with Gasteiger partial charge in [-0.3, -0.25) is 4.79 Å². The van der Waals surface area contributed by atoms with Crippen molar-refractivity contribution in [3.63, 3.8) is 0 Å². The van der Waals surface area contributed by atoms with Crippen molar-refractivity contribution >= 4 is 28.3 Å².